The highest BCUT2D eigenvalue weighted by Gasteiger charge is 2.38. The fourth-order valence-corrected chi connectivity index (χ4v) is 16.5. The molecule has 19 nitrogen and oxygen atoms in total. The number of aliphatic hydroxyl groups is 2. The van der Waals surface area contributed by atoms with Crippen LogP contribution in [0.1, 0.15) is 202 Å². The Morgan fingerprint density at radius 1 is 0.441 bits per heavy atom. The number of aliphatic hydroxyl groups excluding tert-OH is 2. The summed E-state index contributed by atoms with van der Waals surface area (Å²) >= 11 is 22.9. The number of sulfone groups is 2. The number of carboxylic acids is 1. The molecule has 0 radical (unpaired) electrons. The minimum absolute atomic E-state index is 0. The van der Waals surface area contributed by atoms with E-state index in [0.717, 1.165) is 72.6 Å². The summed E-state index contributed by atoms with van der Waals surface area (Å²) in [7, 11) is -4.15. The number of aromatic amines is 1. The van der Waals surface area contributed by atoms with Gasteiger partial charge in [0.2, 0.25) is 0 Å². The summed E-state index contributed by atoms with van der Waals surface area (Å²) in [4.78, 5) is 51.3. The molecule has 0 aliphatic carbocycles. The summed E-state index contributed by atoms with van der Waals surface area (Å²) in [6, 6.07) is 45.9. The summed E-state index contributed by atoms with van der Waals surface area (Å²) in [5, 5.41) is 31.6. The standard InChI is InChI=1S/C29H28ClF3N2O4S.C20H17ClF3NO2.C19H15ClF3NO2.C18H13ClF3NO2.C10H15NO3S.2CH4.ClH/c1-3-35-23(14-19-5-9-22(30)16-25(19)29(31,32)33)15-21-13-20(8-12-27(21)35)28(37)34-26(17-36)18-6-10-24(11-7-18)40(38,39)4-2;1-3-25-16(9-12-4-6-15(21)11-17(12)20(22,23)24)10-14-8-13(19(26)27-2)5-7-18(14)25;1-2-24-15(9-13-7-12(18(25)26)4-6-17(13)24)8-11-3-5-14(20)10-16(11)19(21,22)23;1-25-17(24)11-3-5-16-12(6-11)8-14(23-16)7-10-2-4-13(19)9-15(10)18(20,21)22;1-2-15(13,14)9-5-3-8(4-6-9)10(11)7-12;;;/h5-13,15-16,26,36H,3-4,14,17H2,1-2H3,(H,34,37);4-8,10-11H,3,9H2,1-2H3;3-7,9-10H,2,8H2,1H3,(H,25,26);2-6,8-9,23H,7H2,1H3;3-6,10,12H,2,7,11H2,1H3;2*1H4;1H/t26-;;;;10-;;;/m0...0.../s1/i2*1D3,3D2;1D3,2D2;;;;;. The van der Waals surface area contributed by atoms with Gasteiger partial charge in [0.05, 0.1) is 99.8 Å². The second-order valence-corrected chi connectivity index (χ2v) is 35.6. The van der Waals surface area contributed by atoms with Crippen molar-refractivity contribution in [2.45, 2.75) is 141 Å². The summed E-state index contributed by atoms with van der Waals surface area (Å²) in [6.07, 6.45) is -20.1. The van der Waals surface area contributed by atoms with E-state index < -0.39 is 168 Å². The molecule has 4 aromatic heterocycles. The number of nitrogens with one attached hydrogen (secondary N) is 2. The van der Waals surface area contributed by atoms with E-state index in [1.165, 1.54) is 161 Å². The van der Waals surface area contributed by atoms with Crippen LogP contribution in [-0.2, 0) is 99.0 Å². The van der Waals surface area contributed by atoms with Crippen molar-refractivity contribution in [2.24, 2.45) is 5.73 Å². The highest BCUT2D eigenvalue weighted by molar-refractivity contribution is 7.91. The van der Waals surface area contributed by atoms with Crippen LogP contribution in [0.5, 0.6) is 0 Å². The second-order valence-electron chi connectivity index (χ2n) is 29.3. The van der Waals surface area contributed by atoms with E-state index in [4.69, 9.17) is 77.8 Å². The number of carbonyl (C=O) groups excluding carboxylic acids is 3. The van der Waals surface area contributed by atoms with Crippen LogP contribution < -0.4 is 11.1 Å². The molecule has 2 atom stereocenters. The third-order valence-electron chi connectivity index (χ3n) is 20.8. The first-order chi connectivity index (χ1) is 68.4. The van der Waals surface area contributed by atoms with E-state index >= 15 is 0 Å². The molecule has 14 rings (SSSR count). The van der Waals surface area contributed by atoms with E-state index in [1.54, 1.807) is 43.3 Å². The number of aryl methyl sites for hydroxylation is 3. The van der Waals surface area contributed by atoms with Gasteiger partial charge in [-0.2, -0.15) is 52.7 Å². The highest BCUT2D eigenvalue weighted by atomic mass is 35.5. The number of rotatable bonds is 24. The quantitative estimate of drug-likeness (QED) is 0.0242. The molecule has 0 saturated heterocycles. The van der Waals surface area contributed by atoms with Crippen LogP contribution >= 0.6 is 58.8 Å². The summed E-state index contributed by atoms with van der Waals surface area (Å²) in [5.74, 6) is -3.09. The Hall–Kier alpha value is -11.4. The monoisotopic (exact) mass is 2050 g/mol. The molecule has 0 fully saturated rings. The van der Waals surface area contributed by atoms with Crippen molar-refractivity contribution in [3.63, 3.8) is 0 Å². The zero-order valence-corrected chi connectivity index (χ0v) is 75.7. The van der Waals surface area contributed by atoms with E-state index in [-0.39, 0.29) is 166 Å². The van der Waals surface area contributed by atoms with Gasteiger partial charge in [-0.1, -0.05) is 124 Å². The molecule has 38 heteroatoms. The van der Waals surface area contributed by atoms with Crippen molar-refractivity contribution in [3.8, 4) is 0 Å². The van der Waals surface area contributed by atoms with Gasteiger partial charge in [0.25, 0.3) is 5.91 Å². The van der Waals surface area contributed by atoms with Gasteiger partial charge in [0.1, 0.15) is 0 Å². The molecule has 10 aromatic carbocycles. The number of alkyl halides is 12. The van der Waals surface area contributed by atoms with Crippen molar-refractivity contribution in [1.82, 2.24) is 24.0 Å². The van der Waals surface area contributed by atoms with Crippen LogP contribution in [0.15, 0.2) is 228 Å². The van der Waals surface area contributed by atoms with Gasteiger partial charge in [-0.05, 0) is 224 Å². The van der Waals surface area contributed by atoms with E-state index in [9.17, 15) is 98.9 Å². The number of amides is 1. The Kier molecular flexibility index (Phi) is 31.1. The van der Waals surface area contributed by atoms with Gasteiger partial charge in [-0.15, -0.1) is 12.4 Å². The number of nitrogens with zero attached hydrogens (tertiary/aromatic N) is 3. The summed E-state index contributed by atoms with van der Waals surface area (Å²) in [5.41, 5.74) is 4.04. The minimum Gasteiger partial charge on any atom is -0.478 e. The van der Waals surface area contributed by atoms with E-state index in [2.05, 4.69) is 19.8 Å². The number of fused-ring (bicyclic) bond motifs is 4. The van der Waals surface area contributed by atoms with Gasteiger partial charge < -0.3 is 54.5 Å². The Balaban J connectivity index is 0.000000263. The molecular weight excluding hydrogens is 1940 g/mol. The average Bonchev–Trinajstić information content (AvgIpc) is 1.37. The van der Waals surface area contributed by atoms with E-state index in [1.807, 2.05) is 0 Å². The van der Waals surface area contributed by atoms with Crippen molar-refractivity contribution in [2.75, 3.05) is 38.9 Å². The number of ether oxygens (including phenoxy) is 2. The van der Waals surface area contributed by atoms with Crippen LogP contribution in [0.4, 0.5) is 52.7 Å². The Bertz CT molecular complexity index is 7540. The fourth-order valence-electron chi connectivity index (χ4n) is 14.1. The highest BCUT2D eigenvalue weighted by Crippen LogP contribution is 2.41. The maximum atomic E-state index is 13.8. The van der Waals surface area contributed by atoms with Crippen LogP contribution in [0.25, 0.3) is 43.6 Å². The average molecular weight is 2050 g/mol. The van der Waals surface area contributed by atoms with E-state index in [0.29, 0.717) is 21.7 Å². The Labute approximate surface area is 824 Å². The SMILES string of the molecule is C.C.CCS(=O)(=O)c1ccc([C@@H](N)CO)cc1.COC(=O)c1ccc2[nH]c(Cc3ccc(Cl)cc3C(F)(F)F)cc2c1.Cl.[2H]C([2H])([2H])C([2H])([2H])n1c(Cc2ccc(Cl)cc2C(F)(F)F)cc2cc(C(=O)N[C@@H](CO)c3ccc(S(=O)(=O)CC)cc3)ccc21.[2H]C([2H])([2H])C([2H])([2H])n1c(Cc2ccc(Cl)cc2C(F)(F)F)cc2cc(C(=O)O)ccc21.[2H]C([2H])([2H])C([2H])([2H])n1c(Cc2ccc(Cl)cc2C(F)(F)F)cc2cc(C(=O)OC)ccc21. The van der Waals surface area contributed by atoms with Gasteiger partial charge in [-0.3, -0.25) is 4.79 Å². The number of aromatic nitrogens is 4. The molecule has 0 aliphatic rings. The maximum absolute atomic E-state index is 13.8. The first kappa shape index (κ1) is 89.8. The lowest BCUT2D eigenvalue weighted by atomic mass is 10.0. The number of esters is 2. The first-order valence-corrected chi connectivity index (χ1v) is 44.0. The van der Waals surface area contributed by atoms with Crippen molar-refractivity contribution < 1.29 is 134 Å². The summed E-state index contributed by atoms with van der Waals surface area (Å²) in [6.45, 7) is -16.0. The third-order valence-corrected chi connectivity index (χ3v) is 25.2. The molecule has 4 heterocycles. The molecular formula is C98H97Cl5F12N6O13S2. The minimum atomic E-state index is -4.79. The van der Waals surface area contributed by atoms with Gasteiger partial charge in [0, 0.05) is 158 Å². The van der Waals surface area contributed by atoms with Gasteiger partial charge in [0.15, 0.2) is 19.7 Å². The molecule has 1 amide bonds. The van der Waals surface area contributed by atoms with Gasteiger partial charge >= 0.3 is 42.6 Å². The number of H-pyrrole nitrogens is 1. The number of aromatic carboxylic acids is 1. The Morgan fingerprint density at radius 3 is 1.10 bits per heavy atom. The number of nitrogens with two attached hydrogens (primary N) is 1. The predicted octanol–water partition coefficient (Wildman–Crippen LogP) is 24.9. The predicted molar refractivity (Wildman–Crippen MR) is 508 cm³/mol. The van der Waals surface area contributed by atoms with Crippen molar-refractivity contribution in [1.29, 1.82) is 0 Å². The summed E-state index contributed by atoms with van der Waals surface area (Å²) < 4.78 is 340. The molecule has 0 unspecified atom stereocenters. The topological polar surface area (TPSA) is 284 Å². The lowest BCUT2D eigenvalue weighted by Gasteiger charge is -2.17. The number of methoxy groups -OCH3 is 2. The number of carbonyl (C=O) groups is 4. The fraction of sp³-hybridized carbons (Fsp3) is 0.265. The molecule has 0 aliphatic heterocycles. The first-order valence-electron chi connectivity index (χ1n) is 46.7. The maximum Gasteiger partial charge on any atom is 0.416 e. The molecule has 728 valence electrons. The second kappa shape index (κ2) is 47.1. The Morgan fingerprint density at radius 2 is 0.765 bits per heavy atom. The number of hydrogen-bond donors (Lipinski definition) is 6. The van der Waals surface area contributed by atoms with Gasteiger partial charge in [-0.25, -0.2) is 31.2 Å². The van der Waals surface area contributed by atoms with Crippen LogP contribution in [0, 0.1) is 0 Å². The van der Waals surface area contributed by atoms with Crippen LogP contribution in [0.3, 0.4) is 0 Å². The number of carboxylic acid groups (broad SMARTS) is 1. The normalized spacial score (nSPS) is 14.3. The lowest BCUT2D eigenvalue weighted by molar-refractivity contribution is -0.139. The number of halogens is 17. The smallest absolute Gasteiger partial charge is 0.416 e. The lowest BCUT2D eigenvalue weighted by Crippen LogP contribution is -2.30. The molecule has 0 bridgehead atoms. The van der Waals surface area contributed by atoms with Crippen molar-refractivity contribution in [3.05, 3.63) is 339 Å². The zero-order valence-electron chi connectivity index (χ0n) is 85.2. The van der Waals surface area contributed by atoms with Crippen molar-refractivity contribution >= 4 is 146 Å². The number of hydrogen-bond acceptors (Lipinski definition) is 13. The zero-order chi connectivity index (χ0) is 111. The molecule has 7 N–H and O–H groups in total. The number of benzene rings is 10. The molecule has 0 spiro atoms. The third kappa shape index (κ3) is 27.5. The van der Waals surface area contributed by atoms with Crippen LogP contribution in [-0.4, -0.2) is 114 Å². The largest absolute Gasteiger partial charge is 0.478 e. The van der Waals surface area contributed by atoms with Crippen LogP contribution in [0.2, 0.25) is 20.1 Å². The molecule has 136 heavy (non-hydrogen) atoms. The molecule has 0 saturated carbocycles. The molecule has 14 aromatic rings.